The van der Waals surface area contributed by atoms with Gasteiger partial charge in [-0.05, 0) is 34.3 Å². The van der Waals surface area contributed by atoms with Gasteiger partial charge in [0, 0.05) is 4.90 Å². The highest BCUT2D eigenvalue weighted by molar-refractivity contribution is 8.00. The van der Waals surface area contributed by atoms with Gasteiger partial charge in [0.1, 0.15) is 6.10 Å². The molecule has 0 radical (unpaired) electrons. The zero-order valence-corrected chi connectivity index (χ0v) is 13.0. The monoisotopic (exact) mass is 330 g/mol. The fraction of sp³-hybridized carbons (Fsp3) is 0.188. The zero-order chi connectivity index (χ0) is 16.4. The Labute approximate surface area is 138 Å². The Hall–Kier alpha value is -1.80. The average molecular weight is 330 g/mol. The van der Waals surface area contributed by atoms with Crippen molar-refractivity contribution >= 4 is 30.3 Å². The molecule has 1 atom stereocenters. The molecule has 3 rings (SSSR count). The Balaban J connectivity index is 1.76. The molecule has 0 saturated heterocycles. The zero-order valence-electron chi connectivity index (χ0n) is 12.2. The Morgan fingerprint density at radius 2 is 1.91 bits per heavy atom. The van der Waals surface area contributed by atoms with Crippen molar-refractivity contribution in [1.82, 2.24) is 0 Å². The van der Waals surface area contributed by atoms with Crippen LogP contribution in [0.5, 0.6) is 0 Å². The van der Waals surface area contributed by atoms with Crippen LogP contribution in [0.3, 0.4) is 0 Å². The van der Waals surface area contributed by atoms with E-state index in [0.717, 1.165) is 10.5 Å². The molecule has 0 saturated carbocycles. The molecule has 0 amide bonds. The Morgan fingerprint density at radius 3 is 2.61 bits per heavy atom. The summed E-state index contributed by atoms with van der Waals surface area (Å²) < 4.78 is 5.15. The van der Waals surface area contributed by atoms with Gasteiger partial charge in [0.2, 0.25) is 0 Å². The lowest BCUT2D eigenvalue weighted by Crippen LogP contribution is -2.28. The summed E-state index contributed by atoms with van der Waals surface area (Å²) in [6.07, 6.45) is -0.813. The quantitative estimate of drug-likeness (QED) is 0.563. The lowest BCUT2D eigenvalue weighted by atomic mass is 9.78. The number of aliphatic hydroxyl groups excluding tert-OH is 1. The van der Waals surface area contributed by atoms with Crippen molar-refractivity contribution in [3.8, 4) is 0 Å². The number of aliphatic carboxylic acids is 1. The fourth-order valence-corrected chi connectivity index (χ4v) is 3.11. The smallest absolute Gasteiger partial charge is 0.481 e. The normalized spacial score (nSPS) is 14.6. The third-order valence-electron chi connectivity index (χ3n) is 3.71. The van der Waals surface area contributed by atoms with Crippen molar-refractivity contribution in [2.45, 2.75) is 17.6 Å². The number of hydrogen-bond acceptors (Lipinski definition) is 5. The first kappa shape index (κ1) is 16.1. The number of fused-ring (bicyclic) bond motifs is 1. The van der Waals surface area contributed by atoms with E-state index in [-0.39, 0.29) is 5.75 Å². The van der Waals surface area contributed by atoms with Gasteiger partial charge in [0.15, 0.2) is 0 Å². The summed E-state index contributed by atoms with van der Waals surface area (Å²) in [7, 11) is -0.938. The van der Waals surface area contributed by atoms with Gasteiger partial charge in [0.25, 0.3) is 0 Å². The van der Waals surface area contributed by atoms with E-state index in [0.29, 0.717) is 23.2 Å². The minimum absolute atomic E-state index is 0.00457. The van der Waals surface area contributed by atoms with Gasteiger partial charge >= 0.3 is 13.1 Å². The van der Waals surface area contributed by atoms with E-state index >= 15 is 0 Å². The number of hydrogen-bond donors (Lipinski definition) is 3. The molecule has 23 heavy (non-hydrogen) atoms. The average Bonchev–Trinajstić information content (AvgIpc) is 2.93. The summed E-state index contributed by atoms with van der Waals surface area (Å²) >= 11 is 1.23. The van der Waals surface area contributed by atoms with Crippen LogP contribution in [-0.2, 0) is 16.1 Å². The van der Waals surface area contributed by atoms with Crippen LogP contribution < -0.4 is 5.46 Å². The number of carboxylic acid groups (broad SMARTS) is 1. The van der Waals surface area contributed by atoms with Crippen LogP contribution >= 0.6 is 11.8 Å². The van der Waals surface area contributed by atoms with E-state index in [1.807, 2.05) is 12.1 Å². The van der Waals surface area contributed by atoms with E-state index in [9.17, 15) is 14.9 Å². The second-order valence-electron chi connectivity index (χ2n) is 5.28. The molecule has 2 aromatic rings. The van der Waals surface area contributed by atoms with Crippen LogP contribution in [0.25, 0.3) is 0 Å². The Morgan fingerprint density at radius 1 is 1.22 bits per heavy atom. The van der Waals surface area contributed by atoms with Gasteiger partial charge in [-0.2, -0.15) is 0 Å². The minimum Gasteiger partial charge on any atom is -0.481 e. The molecule has 0 aliphatic carbocycles. The van der Waals surface area contributed by atoms with Crippen LogP contribution in [0.2, 0.25) is 0 Å². The van der Waals surface area contributed by atoms with E-state index in [1.165, 1.54) is 11.8 Å². The van der Waals surface area contributed by atoms with E-state index < -0.39 is 19.2 Å². The summed E-state index contributed by atoms with van der Waals surface area (Å²) in [5, 5.41) is 28.9. The first-order chi connectivity index (χ1) is 11.0. The summed E-state index contributed by atoms with van der Waals surface area (Å²) in [5.41, 5.74) is 3.00. The molecule has 3 N–H and O–H groups in total. The van der Waals surface area contributed by atoms with Gasteiger partial charge in [-0.25, -0.2) is 0 Å². The van der Waals surface area contributed by atoms with Crippen LogP contribution in [-0.4, -0.2) is 34.1 Å². The van der Waals surface area contributed by atoms with Gasteiger partial charge in [-0.1, -0.05) is 30.3 Å². The minimum atomic E-state index is -0.938. The van der Waals surface area contributed by atoms with Crippen LogP contribution in [0, 0.1) is 0 Å². The molecule has 1 heterocycles. The topological polar surface area (TPSA) is 87.0 Å². The number of aliphatic hydroxyl groups is 1. The first-order valence-corrected chi connectivity index (χ1v) is 8.08. The van der Waals surface area contributed by atoms with Gasteiger partial charge < -0.3 is 19.9 Å². The number of rotatable bonds is 5. The second-order valence-corrected chi connectivity index (χ2v) is 6.32. The van der Waals surface area contributed by atoms with Crippen molar-refractivity contribution in [2.24, 2.45) is 0 Å². The summed E-state index contributed by atoms with van der Waals surface area (Å²) in [6, 6.07) is 12.5. The molecule has 1 aliphatic heterocycles. The molecular weight excluding hydrogens is 315 g/mol. The molecule has 5 nitrogen and oxygen atoms in total. The van der Waals surface area contributed by atoms with Crippen molar-refractivity contribution in [2.75, 3.05) is 5.75 Å². The lowest BCUT2D eigenvalue weighted by Gasteiger charge is -2.13. The lowest BCUT2D eigenvalue weighted by molar-refractivity contribution is -0.133. The van der Waals surface area contributed by atoms with Gasteiger partial charge in [0.05, 0.1) is 12.4 Å². The molecular formula is C16H15BO5S. The maximum absolute atomic E-state index is 10.6. The van der Waals surface area contributed by atoms with Crippen molar-refractivity contribution in [3.05, 3.63) is 59.2 Å². The predicted octanol–water partition coefficient (Wildman–Crippen LogP) is 1.16. The van der Waals surface area contributed by atoms with E-state index in [1.54, 1.807) is 30.3 Å². The van der Waals surface area contributed by atoms with Crippen LogP contribution in [0.4, 0.5) is 0 Å². The maximum Gasteiger partial charge on any atom is 0.491 e. The molecule has 0 aromatic heterocycles. The molecule has 0 bridgehead atoms. The number of carboxylic acids is 1. The first-order valence-electron chi connectivity index (χ1n) is 7.09. The highest BCUT2D eigenvalue weighted by Crippen LogP contribution is 2.26. The largest absolute Gasteiger partial charge is 0.491 e. The van der Waals surface area contributed by atoms with E-state index in [4.69, 9.17) is 9.76 Å². The molecule has 1 unspecified atom stereocenters. The Kier molecular flexibility index (Phi) is 4.72. The van der Waals surface area contributed by atoms with Crippen molar-refractivity contribution < 1.29 is 24.7 Å². The SMILES string of the molecule is O=C(O)CSc1ccc(C(O)c2ccc3c(c2)B(O)OC3)cc1. The van der Waals surface area contributed by atoms with Crippen LogP contribution in [0.1, 0.15) is 22.8 Å². The standard InChI is InChI=1S/C16H15BO5S/c18-15(19)9-23-13-5-3-10(4-6-13)16(20)11-1-2-12-8-22-17(21)14(12)7-11/h1-7,16,20-21H,8-9H2,(H,18,19). The third kappa shape index (κ3) is 3.59. The number of thioether (sulfide) groups is 1. The van der Waals surface area contributed by atoms with E-state index in [2.05, 4.69) is 0 Å². The summed E-state index contributed by atoms with van der Waals surface area (Å²) in [5.74, 6) is -0.858. The molecule has 0 spiro atoms. The molecule has 118 valence electrons. The molecule has 1 aliphatic rings. The van der Waals surface area contributed by atoms with Crippen molar-refractivity contribution in [3.63, 3.8) is 0 Å². The number of benzene rings is 2. The highest BCUT2D eigenvalue weighted by Gasteiger charge is 2.28. The van der Waals surface area contributed by atoms with Crippen molar-refractivity contribution in [1.29, 1.82) is 0 Å². The maximum atomic E-state index is 10.6. The van der Waals surface area contributed by atoms with Crippen LogP contribution in [0.15, 0.2) is 47.4 Å². The van der Waals surface area contributed by atoms with Gasteiger partial charge in [-0.15, -0.1) is 11.8 Å². The molecule has 0 fully saturated rings. The molecule has 7 heteroatoms. The summed E-state index contributed by atoms with van der Waals surface area (Å²) in [6.45, 7) is 0.377. The second kappa shape index (κ2) is 6.76. The summed E-state index contributed by atoms with van der Waals surface area (Å²) in [4.78, 5) is 11.4. The fourth-order valence-electron chi connectivity index (χ4n) is 2.49. The molecule has 2 aromatic carbocycles. The van der Waals surface area contributed by atoms with Gasteiger partial charge in [-0.3, -0.25) is 4.79 Å². The number of carbonyl (C=O) groups is 1. The highest BCUT2D eigenvalue weighted by atomic mass is 32.2. The third-order valence-corrected chi connectivity index (χ3v) is 4.70. The Bertz CT molecular complexity index is 719. The predicted molar refractivity (Wildman–Crippen MR) is 87.7 cm³/mol.